The van der Waals surface area contributed by atoms with Crippen LogP contribution in [0.5, 0.6) is 0 Å². The molecule has 0 aromatic heterocycles. The monoisotopic (exact) mass is 239 g/mol. The molecule has 0 aromatic carbocycles. The van der Waals surface area contributed by atoms with Crippen molar-refractivity contribution in [1.82, 2.24) is 4.90 Å². The summed E-state index contributed by atoms with van der Waals surface area (Å²) in [6.45, 7) is 8.72. The number of hydrogen-bond donors (Lipinski definition) is 0. The van der Waals surface area contributed by atoms with Crippen LogP contribution < -0.4 is 0 Å². The Morgan fingerprint density at radius 3 is 2.31 bits per heavy atom. The fraction of sp³-hybridized carbons (Fsp3) is 0.857. The lowest BCUT2D eigenvalue weighted by Crippen LogP contribution is -2.21. The molecular weight excluding hydrogens is 210 g/mol. The Balaban J connectivity index is 2.11. The predicted octanol–water partition coefficient (Wildman–Crippen LogP) is 3.15. The number of likely N-dealkylation sites (tertiary alicyclic amines) is 1. The van der Waals surface area contributed by atoms with E-state index in [-0.39, 0.29) is 9.52 Å². The molecule has 0 saturated carbocycles. The first kappa shape index (κ1) is 14.0. The Kier molecular flexibility index (Phi) is 7.86. The van der Waals surface area contributed by atoms with Crippen LogP contribution in [0.1, 0.15) is 52.4 Å². The molecule has 0 aromatic rings. The summed E-state index contributed by atoms with van der Waals surface area (Å²) in [6, 6.07) is 1.50. The molecule has 0 radical (unpaired) electrons. The van der Waals surface area contributed by atoms with E-state index in [4.69, 9.17) is 0 Å². The first-order chi connectivity index (χ1) is 7.86. The molecule has 0 N–H and O–H groups in total. The Hall–Kier alpha value is -0.0831. The number of rotatable bonds is 8. The first-order valence-electron chi connectivity index (χ1n) is 7.27. The smallest absolute Gasteiger partial charge is 0.0466 e. The minimum Gasteiger partial charge on any atom is -0.304 e. The van der Waals surface area contributed by atoms with Gasteiger partial charge in [0.2, 0.25) is 0 Å². The van der Waals surface area contributed by atoms with Crippen molar-refractivity contribution in [3.63, 3.8) is 0 Å². The molecule has 1 fully saturated rings. The van der Waals surface area contributed by atoms with Crippen LogP contribution in [-0.2, 0) is 0 Å². The summed E-state index contributed by atoms with van der Waals surface area (Å²) in [5, 5.41) is 0. The second-order valence-electron chi connectivity index (χ2n) is 5.05. The molecule has 1 saturated heterocycles. The van der Waals surface area contributed by atoms with E-state index in [9.17, 15) is 0 Å². The minimum absolute atomic E-state index is 0.0859. The Morgan fingerprint density at radius 2 is 1.75 bits per heavy atom. The Morgan fingerprint density at radius 1 is 1.12 bits per heavy atom. The third kappa shape index (κ3) is 5.85. The molecule has 16 heavy (non-hydrogen) atoms. The van der Waals surface area contributed by atoms with Crippen molar-refractivity contribution in [1.29, 1.82) is 0 Å². The SMILES string of the molecule is CCCC(=C[SiH2]CCN1CCCC1)CCC. The number of allylic oxidation sites excluding steroid dienone is 1. The standard InChI is InChI=1S/C14H29NSi/c1-3-7-14(8-4-2)13-16-12-11-15-9-5-6-10-15/h13H,3-12,16H2,1-2H3. The topological polar surface area (TPSA) is 3.24 Å². The van der Waals surface area contributed by atoms with E-state index < -0.39 is 0 Å². The van der Waals surface area contributed by atoms with E-state index in [1.807, 2.05) is 0 Å². The molecular formula is C14H29NSi. The van der Waals surface area contributed by atoms with Gasteiger partial charge in [-0.05, 0) is 51.4 Å². The van der Waals surface area contributed by atoms with Crippen molar-refractivity contribution in [2.24, 2.45) is 0 Å². The van der Waals surface area contributed by atoms with E-state index >= 15 is 0 Å². The molecule has 0 spiro atoms. The van der Waals surface area contributed by atoms with Gasteiger partial charge in [-0.15, -0.1) is 5.70 Å². The van der Waals surface area contributed by atoms with E-state index in [2.05, 4.69) is 24.4 Å². The highest BCUT2D eigenvalue weighted by Gasteiger charge is 2.09. The zero-order chi connectivity index (χ0) is 11.6. The highest BCUT2D eigenvalue weighted by molar-refractivity contribution is 6.42. The van der Waals surface area contributed by atoms with Crippen molar-refractivity contribution in [2.75, 3.05) is 19.6 Å². The van der Waals surface area contributed by atoms with Gasteiger partial charge in [0.1, 0.15) is 0 Å². The number of nitrogens with zero attached hydrogens (tertiary/aromatic N) is 1. The van der Waals surface area contributed by atoms with Gasteiger partial charge in [0.15, 0.2) is 0 Å². The molecule has 2 heteroatoms. The summed E-state index contributed by atoms with van der Waals surface area (Å²) in [5.74, 6) is 0. The second-order valence-corrected chi connectivity index (χ2v) is 6.75. The van der Waals surface area contributed by atoms with Gasteiger partial charge >= 0.3 is 0 Å². The van der Waals surface area contributed by atoms with Gasteiger partial charge in [0.25, 0.3) is 0 Å². The lowest BCUT2D eigenvalue weighted by Gasteiger charge is -2.13. The van der Waals surface area contributed by atoms with Crippen molar-refractivity contribution in [3.05, 3.63) is 11.3 Å². The molecule has 0 aliphatic carbocycles. The van der Waals surface area contributed by atoms with E-state index in [0.717, 1.165) is 0 Å². The molecule has 0 atom stereocenters. The van der Waals surface area contributed by atoms with Crippen molar-refractivity contribution >= 4 is 9.52 Å². The maximum atomic E-state index is 2.66. The highest BCUT2D eigenvalue weighted by atomic mass is 28.2. The van der Waals surface area contributed by atoms with Crippen LogP contribution in [0.25, 0.3) is 0 Å². The zero-order valence-electron chi connectivity index (χ0n) is 11.3. The quantitative estimate of drug-likeness (QED) is 0.464. The third-order valence-electron chi connectivity index (χ3n) is 3.45. The Labute approximate surface area is 104 Å². The molecule has 0 amide bonds. The summed E-state index contributed by atoms with van der Waals surface area (Å²) < 4.78 is 0. The minimum atomic E-state index is 0.0859. The van der Waals surface area contributed by atoms with Crippen LogP contribution in [0.3, 0.4) is 0 Å². The van der Waals surface area contributed by atoms with Gasteiger partial charge in [-0.1, -0.05) is 32.3 Å². The average Bonchev–Trinajstić information content (AvgIpc) is 2.78. The van der Waals surface area contributed by atoms with Crippen molar-refractivity contribution in [3.8, 4) is 0 Å². The molecule has 1 nitrogen and oxygen atoms in total. The molecule has 1 aliphatic heterocycles. The van der Waals surface area contributed by atoms with Crippen LogP contribution in [0, 0.1) is 0 Å². The molecule has 1 rings (SSSR count). The lowest BCUT2D eigenvalue weighted by atomic mass is 10.1. The maximum absolute atomic E-state index is 2.66. The van der Waals surface area contributed by atoms with E-state index in [0.29, 0.717) is 0 Å². The molecule has 1 heterocycles. The maximum Gasteiger partial charge on any atom is 0.0466 e. The molecule has 0 unspecified atom stereocenters. The summed E-state index contributed by atoms with van der Waals surface area (Å²) in [5.41, 5.74) is 4.42. The van der Waals surface area contributed by atoms with Gasteiger partial charge < -0.3 is 4.90 Å². The third-order valence-corrected chi connectivity index (χ3v) is 5.04. The van der Waals surface area contributed by atoms with Gasteiger partial charge in [0.05, 0.1) is 0 Å². The summed E-state index contributed by atoms with van der Waals surface area (Å²) in [7, 11) is 0.0859. The fourth-order valence-corrected chi connectivity index (χ4v) is 4.25. The van der Waals surface area contributed by atoms with Crippen molar-refractivity contribution in [2.45, 2.75) is 58.4 Å². The lowest BCUT2D eigenvalue weighted by molar-refractivity contribution is 0.358. The van der Waals surface area contributed by atoms with E-state index in [1.165, 1.54) is 64.2 Å². The molecule has 1 aliphatic rings. The number of hydrogen-bond acceptors (Lipinski definition) is 1. The van der Waals surface area contributed by atoms with Crippen LogP contribution in [-0.4, -0.2) is 34.1 Å². The van der Waals surface area contributed by atoms with Crippen molar-refractivity contribution < 1.29 is 0 Å². The van der Waals surface area contributed by atoms with Crippen LogP contribution in [0.2, 0.25) is 6.04 Å². The first-order valence-corrected chi connectivity index (χ1v) is 9.08. The summed E-state index contributed by atoms with van der Waals surface area (Å²) in [4.78, 5) is 2.65. The second kappa shape index (κ2) is 9.00. The van der Waals surface area contributed by atoms with Crippen LogP contribution in [0.15, 0.2) is 11.3 Å². The largest absolute Gasteiger partial charge is 0.304 e. The van der Waals surface area contributed by atoms with Gasteiger partial charge in [-0.2, -0.15) is 0 Å². The van der Waals surface area contributed by atoms with Crippen LogP contribution >= 0.6 is 0 Å². The highest BCUT2D eigenvalue weighted by Crippen LogP contribution is 2.12. The summed E-state index contributed by atoms with van der Waals surface area (Å²) in [6.07, 6.45) is 8.23. The fourth-order valence-electron chi connectivity index (χ4n) is 2.60. The van der Waals surface area contributed by atoms with Crippen LogP contribution in [0.4, 0.5) is 0 Å². The van der Waals surface area contributed by atoms with E-state index in [1.54, 1.807) is 5.57 Å². The predicted molar refractivity (Wildman–Crippen MR) is 76.9 cm³/mol. The molecule has 0 bridgehead atoms. The Bertz CT molecular complexity index is 187. The van der Waals surface area contributed by atoms with Gasteiger partial charge in [-0.3, -0.25) is 0 Å². The average molecular weight is 239 g/mol. The normalized spacial score (nSPS) is 17.4. The van der Waals surface area contributed by atoms with Gasteiger partial charge in [0, 0.05) is 9.52 Å². The molecule has 94 valence electrons. The summed E-state index contributed by atoms with van der Waals surface area (Å²) >= 11 is 0. The van der Waals surface area contributed by atoms with Gasteiger partial charge in [-0.25, -0.2) is 0 Å². The zero-order valence-corrected chi connectivity index (χ0v) is 12.7.